The molecule has 1 saturated heterocycles. The highest BCUT2D eigenvalue weighted by Crippen LogP contribution is 2.24. The number of anilines is 4. The van der Waals surface area contributed by atoms with E-state index in [2.05, 4.69) is 37.6 Å². The van der Waals surface area contributed by atoms with Crippen molar-refractivity contribution in [2.75, 3.05) is 62.4 Å². The van der Waals surface area contributed by atoms with E-state index < -0.39 is 0 Å². The van der Waals surface area contributed by atoms with Gasteiger partial charge in [0.25, 0.3) is 0 Å². The minimum absolute atomic E-state index is 0.0179. The lowest BCUT2D eigenvalue weighted by molar-refractivity contribution is -0.134. The molecule has 2 heterocycles. The highest BCUT2D eigenvalue weighted by Gasteiger charge is 2.22. The van der Waals surface area contributed by atoms with E-state index in [4.69, 9.17) is 0 Å². The van der Waals surface area contributed by atoms with Crippen molar-refractivity contribution in [3.05, 3.63) is 60.8 Å². The lowest BCUT2D eigenvalue weighted by Gasteiger charge is -2.37. The number of carbonyl (C=O) groups is 2. The first-order valence-electron chi connectivity index (χ1n) is 12.6. The van der Waals surface area contributed by atoms with Crippen molar-refractivity contribution in [1.82, 2.24) is 19.8 Å². The number of piperazine rings is 1. The Labute approximate surface area is 218 Å². The predicted molar refractivity (Wildman–Crippen MR) is 148 cm³/mol. The first-order valence-corrected chi connectivity index (χ1v) is 12.6. The van der Waals surface area contributed by atoms with Crippen LogP contribution in [0.5, 0.6) is 0 Å². The molecule has 0 atom stereocenters. The number of amides is 2. The van der Waals surface area contributed by atoms with E-state index in [-0.39, 0.29) is 24.3 Å². The van der Waals surface area contributed by atoms with Gasteiger partial charge in [-0.05, 0) is 42.5 Å². The summed E-state index contributed by atoms with van der Waals surface area (Å²) in [4.78, 5) is 38.9. The summed E-state index contributed by atoms with van der Waals surface area (Å²) < 4.78 is 0. The summed E-state index contributed by atoms with van der Waals surface area (Å²) in [6, 6.07) is 17.9. The maximum atomic E-state index is 12.2. The number of nitrogens with one attached hydrogen (secondary N) is 2. The maximum absolute atomic E-state index is 12.2. The fraction of sp³-hybridized carbons (Fsp3) is 0.357. The molecule has 9 heteroatoms. The van der Waals surface area contributed by atoms with Crippen LogP contribution in [0.1, 0.15) is 13.8 Å². The van der Waals surface area contributed by atoms with E-state index in [9.17, 15) is 9.59 Å². The molecule has 0 unspecified atom stereocenters. The molecule has 0 radical (unpaired) electrons. The third-order valence-electron chi connectivity index (χ3n) is 6.35. The van der Waals surface area contributed by atoms with E-state index in [1.54, 1.807) is 25.2 Å². The Bertz CT molecular complexity index is 1200. The number of nitrogens with zero attached hydrogens (tertiary/aromatic N) is 5. The zero-order valence-electron chi connectivity index (χ0n) is 21.9. The van der Waals surface area contributed by atoms with E-state index in [1.165, 1.54) is 0 Å². The molecule has 4 rings (SSSR count). The SMILES string of the molecule is CC(C)C(=O)N1CCN(c2ccc(Nc3nccc(-c4ccc(NCC(=O)N(C)C)cc4)n3)cc2)CC1. The van der Waals surface area contributed by atoms with Gasteiger partial charge in [-0.3, -0.25) is 9.59 Å². The first kappa shape index (κ1) is 25.9. The van der Waals surface area contributed by atoms with E-state index in [0.29, 0.717) is 5.95 Å². The average molecular weight is 502 g/mol. The number of hydrogen-bond donors (Lipinski definition) is 2. The number of carbonyl (C=O) groups excluding carboxylic acids is 2. The molecule has 0 bridgehead atoms. The van der Waals surface area contributed by atoms with Gasteiger partial charge in [-0.2, -0.15) is 0 Å². The Hall–Kier alpha value is -4.14. The predicted octanol–water partition coefficient (Wildman–Crippen LogP) is 3.69. The van der Waals surface area contributed by atoms with Gasteiger partial charge in [0.2, 0.25) is 17.8 Å². The summed E-state index contributed by atoms with van der Waals surface area (Å²) >= 11 is 0. The van der Waals surface area contributed by atoms with E-state index in [1.807, 2.05) is 61.2 Å². The molecule has 0 saturated carbocycles. The first-order chi connectivity index (χ1) is 17.8. The van der Waals surface area contributed by atoms with Crippen molar-refractivity contribution in [3.8, 4) is 11.3 Å². The smallest absolute Gasteiger partial charge is 0.241 e. The molecule has 3 aromatic rings. The molecule has 2 amide bonds. The monoisotopic (exact) mass is 501 g/mol. The lowest BCUT2D eigenvalue weighted by atomic mass is 10.1. The fourth-order valence-corrected chi connectivity index (χ4v) is 4.11. The molecule has 2 aromatic carbocycles. The summed E-state index contributed by atoms with van der Waals surface area (Å²) in [5, 5.41) is 6.42. The lowest BCUT2D eigenvalue weighted by Crippen LogP contribution is -2.49. The van der Waals surface area contributed by atoms with Gasteiger partial charge in [-0.15, -0.1) is 0 Å². The van der Waals surface area contributed by atoms with Crippen LogP contribution in [0, 0.1) is 5.92 Å². The topological polar surface area (TPSA) is 93.7 Å². The Morgan fingerprint density at radius 2 is 1.57 bits per heavy atom. The molecule has 1 aliphatic heterocycles. The van der Waals surface area contributed by atoms with Crippen molar-refractivity contribution in [3.63, 3.8) is 0 Å². The van der Waals surface area contributed by atoms with Gasteiger partial charge in [0.15, 0.2) is 0 Å². The van der Waals surface area contributed by atoms with Gasteiger partial charge in [-0.1, -0.05) is 26.0 Å². The molecular weight excluding hydrogens is 466 g/mol. The van der Waals surface area contributed by atoms with Crippen molar-refractivity contribution >= 4 is 34.8 Å². The summed E-state index contributed by atoms with van der Waals surface area (Å²) in [6.07, 6.45) is 1.74. The van der Waals surface area contributed by atoms with E-state index in [0.717, 1.165) is 54.5 Å². The second-order valence-electron chi connectivity index (χ2n) is 9.62. The molecule has 0 spiro atoms. The van der Waals surface area contributed by atoms with Gasteiger partial charge < -0.3 is 25.3 Å². The van der Waals surface area contributed by atoms with Crippen molar-refractivity contribution < 1.29 is 9.59 Å². The van der Waals surface area contributed by atoms with Crippen LogP contribution in [-0.4, -0.2) is 78.4 Å². The largest absolute Gasteiger partial charge is 0.376 e. The summed E-state index contributed by atoms with van der Waals surface area (Å²) in [5.74, 6) is 0.804. The van der Waals surface area contributed by atoms with Crippen LogP contribution in [0.2, 0.25) is 0 Å². The van der Waals surface area contributed by atoms with Crippen molar-refractivity contribution in [1.29, 1.82) is 0 Å². The zero-order valence-corrected chi connectivity index (χ0v) is 21.9. The number of benzene rings is 2. The molecule has 2 N–H and O–H groups in total. The minimum Gasteiger partial charge on any atom is -0.376 e. The van der Waals surface area contributed by atoms with Crippen LogP contribution in [0.3, 0.4) is 0 Å². The van der Waals surface area contributed by atoms with Crippen LogP contribution in [-0.2, 0) is 9.59 Å². The number of hydrogen-bond acceptors (Lipinski definition) is 7. The van der Waals surface area contributed by atoms with Crippen LogP contribution in [0.15, 0.2) is 60.8 Å². The van der Waals surface area contributed by atoms with Gasteiger partial charge in [0.1, 0.15) is 0 Å². The fourth-order valence-electron chi connectivity index (χ4n) is 4.11. The van der Waals surface area contributed by atoms with Crippen molar-refractivity contribution in [2.24, 2.45) is 5.92 Å². The van der Waals surface area contributed by atoms with Crippen LogP contribution >= 0.6 is 0 Å². The van der Waals surface area contributed by atoms with Gasteiger partial charge in [-0.25, -0.2) is 9.97 Å². The number of rotatable bonds is 8. The Kier molecular flexibility index (Phi) is 8.22. The molecule has 1 aliphatic rings. The second kappa shape index (κ2) is 11.7. The third kappa shape index (κ3) is 6.75. The van der Waals surface area contributed by atoms with Crippen LogP contribution in [0.4, 0.5) is 23.0 Å². The zero-order chi connectivity index (χ0) is 26.4. The van der Waals surface area contributed by atoms with E-state index >= 15 is 0 Å². The molecule has 37 heavy (non-hydrogen) atoms. The highest BCUT2D eigenvalue weighted by molar-refractivity contribution is 5.80. The van der Waals surface area contributed by atoms with Crippen molar-refractivity contribution in [2.45, 2.75) is 13.8 Å². The Balaban J connectivity index is 1.34. The summed E-state index contributed by atoms with van der Waals surface area (Å²) in [6.45, 7) is 7.32. The Morgan fingerprint density at radius 3 is 2.19 bits per heavy atom. The highest BCUT2D eigenvalue weighted by atomic mass is 16.2. The van der Waals surface area contributed by atoms with Crippen LogP contribution < -0.4 is 15.5 Å². The molecule has 194 valence electrons. The molecule has 0 aliphatic carbocycles. The Morgan fingerprint density at radius 1 is 0.919 bits per heavy atom. The molecular formula is C28H35N7O2. The summed E-state index contributed by atoms with van der Waals surface area (Å²) in [5.41, 5.74) is 4.68. The van der Waals surface area contributed by atoms with Gasteiger partial charge >= 0.3 is 0 Å². The molecule has 9 nitrogen and oxygen atoms in total. The average Bonchev–Trinajstić information content (AvgIpc) is 2.92. The standard InChI is InChI=1S/C28H35N7O2/c1-20(2)27(37)35-17-15-34(16-18-35)24-11-9-23(10-12-24)31-28-29-14-13-25(32-28)21-5-7-22(8-6-21)30-19-26(36)33(3)4/h5-14,20,30H,15-19H2,1-4H3,(H,29,31,32). The quantitative estimate of drug-likeness (QED) is 0.486. The molecule has 1 fully saturated rings. The third-order valence-corrected chi connectivity index (χ3v) is 6.35. The number of likely N-dealkylation sites (N-methyl/N-ethyl adjacent to an activating group) is 1. The second-order valence-corrected chi connectivity index (χ2v) is 9.62. The summed E-state index contributed by atoms with van der Waals surface area (Å²) in [7, 11) is 3.48. The normalized spacial score (nSPS) is 13.4. The van der Waals surface area contributed by atoms with Gasteiger partial charge in [0.05, 0.1) is 12.2 Å². The van der Waals surface area contributed by atoms with Crippen LogP contribution in [0.25, 0.3) is 11.3 Å². The van der Waals surface area contributed by atoms with Gasteiger partial charge in [0, 0.05) is 75.0 Å². The maximum Gasteiger partial charge on any atom is 0.241 e. The minimum atomic E-state index is 0.0179. The number of aromatic nitrogens is 2. The molecule has 1 aromatic heterocycles.